The predicted octanol–water partition coefficient (Wildman–Crippen LogP) is 5.37. The SMILES string of the molecule is O=C(Nc1cc(Cl)ccc1Br)c1ccc(C(F)(F)F)cc1. The van der Waals surface area contributed by atoms with Crippen LogP contribution in [0.2, 0.25) is 5.02 Å². The number of benzene rings is 2. The lowest BCUT2D eigenvalue weighted by Crippen LogP contribution is -2.13. The van der Waals surface area contributed by atoms with Gasteiger partial charge in [0, 0.05) is 15.1 Å². The average Bonchev–Trinajstić information content (AvgIpc) is 2.42. The van der Waals surface area contributed by atoms with E-state index < -0.39 is 17.6 Å². The van der Waals surface area contributed by atoms with Gasteiger partial charge in [0.1, 0.15) is 0 Å². The van der Waals surface area contributed by atoms with Crippen molar-refractivity contribution in [3.63, 3.8) is 0 Å². The van der Waals surface area contributed by atoms with Crippen LogP contribution in [-0.4, -0.2) is 5.91 Å². The molecular formula is C14H8BrClF3NO. The molecule has 7 heteroatoms. The van der Waals surface area contributed by atoms with E-state index in [1.165, 1.54) is 6.07 Å². The molecule has 0 spiro atoms. The number of anilines is 1. The molecule has 0 aliphatic carbocycles. The smallest absolute Gasteiger partial charge is 0.321 e. The van der Waals surface area contributed by atoms with Crippen LogP contribution < -0.4 is 5.32 Å². The van der Waals surface area contributed by atoms with Gasteiger partial charge in [-0.25, -0.2) is 0 Å². The van der Waals surface area contributed by atoms with Crippen LogP contribution >= 0.6 is 27.5 Å². The summed E-state index contributed by atoms with van der Waals surface area (Å²) in [7, 11) is 0. The molecule has 2 nitrogen and oxygen atoms in total. The molecule has 1 N–H and O–H groups in total. The lowest BCUT2D eigenvalue weighted by atomic mass is 10.1. The van der Waals surface area contributed by atoms with Crippen LogP contribution in [0.4, 0.5) is 18.9 Å². The number of hydrogen-bond donors (Lipinski definition) is 1. The summed E-state index contributed by atoms with van der Waals surface area (Å²) < 4.78 is 37.9. The molecule has 21 heavy (non-hydrogen) atoms. The Morgan fingerprint density at radius 3 is 2.29 bits per heavy atom. The fourth-order valence-electron chi connectivity index (χ4n) is 1.60. The number of rotatable bonds is 2. The van der Waals surface area contributed by atoms with Gasteiger partial charge in [-0.1, -0.05) is 11.6 Å². The van der Waals surface area contributed by atoms with E-state index >= 15 is 0 Å². The number of nitrogens with one attached hydrogen (secondary N) is 1. The topological polar surface area (TPSA) is 29.1 Å². The standard InChI is InChI=1S/C14H8BrClF3NO/c15-11-6-5-10(16)7-12(11)20-13(21)8-1-3-9(4-2-8)14(17,18)19/h1-7H,(H,20,21). The maximum Gasteiger partial charge on any atom is 0.416 e. The van der Waals surface area contributed by atoms with Crippen molar-refractivity contribution in [2.24, 2.45) is 0 Å². The average molecular weight is 379 g/mol. The molecule has 0 aliphatic heterocycles. The van der Waals surface area contributed by atoms with Crippen molar-refractivity contribution in [3.8, 4) is 0 Å². The zero-order chi connectivity index (χ0) is 15.6. The summed E-state index contributed by atoms with van der Waals surface area (Å²) in [6.45, 7) is 0. The van der Waals surface area contributed by atoms with Gasteiger partial charge in [0.15, 0.2) is 0 Å². The summed E-state index contributed by atoms with van der Waals surface area (Å²) in [4.78, 5) is 12.0. The van der Waals surface area contributed by atoms with E-state index in [1.807, 2.05) is 0 Å². The number of hydrogen-bond acceptors (Lipinski definition) is 1. The van der Waals surface area contributed by atoms with E-state index in [4.69, 9.17) is 11.6 Å². The molecule has 0 radical (unpaired) electrons. The van der Waals surface area contributed by atoms with Crippen LogP contribution in [0.1, 0.15) is 15.9 Å². The minimum Gasteiger partial charge on any atom is -0.321 e. The molecule has 110 valence electrons. The third-order valence-corrected chi connectivity index (χ3v) is 3.58. The van der Waals surface area contributed by atoms with E-state index in [-0.39, 0.29) is 5.56 Å². The third kappa shape index (κ3) is 3.98. The second-order valence-corrected chi connectivity index (χ2v) is 5.44. The molecule has 0 bridgehead atoms. The maximum absolute atomic E-state index is 12.4. The van der Waals surface area contributed by atoms with Crippen molar-refractivity contribution in [1.82, 2.24) is 0 Å². The van der Waals surface area contributed by atoms with Crippen molar-refractivity contribution in [2.75, 3.05) is 5.32 Å². The Morgan fingerprint density at radius 1 is 1.10 bits per heavy atom. The number of carbonyl (C=O) groups is 1. The van der Waals surface area contributed by atoms with Gasteiger partial charge in [-0.15, -0.1) is 0 Å². The van der Waals surface area contributed by atoms with Gasteiger partial charge < -0.3 is 5.32 Å². The highest BCUT2D eigenvalue weighted by atomic mass is 79.9. The largest absolute Gasteiger partial charge is 0.416 e. The molecule has 0 aromatic heterocycles. The summed E-state index contributed by atoms with van der Waals surface area (Å²) in [6, 6.07) is 8.80. The van der Waals surface area contributed by atoms with Crippen LogP contribution in [-0.2, 0) is 6.18 Å². The third-order valence-electron chi connectivity index (χ3n) is 2.65. The fraction of sp³-hybridized carbons (Fsp3) is 0.0714. The van der Waals surface area contributed by atoms with Crippen LogP contribution in [0, 0.1) is 0 Å². The molecule has 0 unspecified atom stereocenters. The van der Waals surface area contributed by atoms with Crippen molar-refractivity contribution in [2.45, 2.75) is 6.18 Å². The van der Waals surface area contributed by atoms with E-state index in [2.05, 4.69) is 21.2 Å². The molecule has 2 rings (SSSR count). The minimum absolute atomic E-state index is 0.120. The molecular weight excluding hydrogens is 371 g/mol. The first kappa shape index (κ1) is 15.9. The number of alkyl halides is 3. The number of carbonyl (C=O) groups excluding carboxylic acids is 1. The monoisotopic (exact) mass is 377 g/mol. The van der Waals surface area contributed by atoms with Crippen molar-refractivity contribution < 1.29 is 18.0 Å². The quantitative estimate of drug-likeness (QED) is 0.747. The van der Waals surface area contributed by atoms with Gasteiger partial charge in [-0.2, -0.15) is 13.2 Å². The molecule has 0 atom stereocenters. The Kier molecular flexibility index (Phi) is 4.58. The molecule has 0 saturated carbocycles. The van der Waals surface area contributed by atoms with Crippen LogP contribution in [0.5, 0.6) is 0 Å². The molecule has 0 saturated heterocycles. The Labute approximate surface area is 132 Å². The molecule has 0 heterocycles. The maximum atomic E-state index is 12.4. The number of amides is 1. The fourth-order valence-corrected chi connectivity index (χ4v) is 2.12. The minimum atomic E-state index is -4.43. The lowest BCUT2D eigenvalue weighted by molar-refractivity contribution is -0.137. The zero-order valence-electron chi connectivity index (χ0n) is 10.3. The Balaban J connectivity index is 2.19. The van der Waals surface area contributed by atoms with Crippen molar-refractivity contribution in [3.05, 3.63) is 63.1 Å². The number of halogens is 5. The summed E-state index contributed by atoms with van der Waals surface area (Å²) in [5.74, 6) is -0.522. The molecule has 2 aromatic carbocycles. The molecule has 0 aliphatic rings. The highest BCUT2D eigenvalue weighted by Crippen LogP contribution is 2.30. The highest BCUT2D eigenvalue weighted by Gasteiger charge is 2.30. The molecule has 1 amide bonds. The summed E-state index contributed by atoms with van der Waals surface area (Å²) in [5.41, 5.74) is -0.245. The second-order valence-electron chi connectivity index (χ2n) is 4.15. The van der Waals surface area contributed by atoms with Gasteiger partial charge in [-0.3, -0.25) is 4.79 Å². The summed E-state index contributed by atoms with van der Waals surface area (Å²) in [6.07, 6.45) is -4.43. The van der Waals surface area contributed by atoms with E-state index in [1.54, 1.807) is 12.1 Å². The highest BCUT2D eigenvalue weighted by molar-refractivity contribution is 9.10. The first-order chi connectivity index (χ1) is 9.77. The van der Waals surface area contributed by atoms with Crippen LogP contribution in [0.3, 0.4) is 0 Å². The molecule has 2 aromatic rings. The van der Waals surface area contributed by atoms with E-state index in [9.17, 15) is 18.0 Å². The van der Waals surface area contributed by atoms with Gasteiger partial charge in [0.05, 0.1) is 11.3 Å². The second kappa shape index (κ2) is 6.07. The van der Waals surface area contributed by atoms with Gasteiger partial charge in [0.2, 0.25) is 0 Å². The van der Waals surface area contributed by atoms with E-state index in [0.717, 1.165) is 24.3 Å². The molecule has 0 fully saturated rings. The van der Waals surface area contributed by atoms with Crippen LogP contribution in [0.25, 0.3) is 0 Å². The van der Waals surface area contributed by atoms with Gasteiger partial charge in [-0.05, 0) is 58.4 Å². The van der Waals surface area contributed by atoms with Crippen LogP contribution in [0.15, 0.2) is 46.9 Å². The Bertz CT molecular complexity index is 671. The van der Waals surface area contributed by atoms with Crippen molar-refractivity contribution >= 4 is 39.1 Å². The normalized spacial score (nSPS) is 11.3. The zero-order valence-corrected chi connectivity index (χ0v) is 12.7. The van der Waals surface area contributed by atoms with E-state index in [0.29, 0.717) is 15.2 Å². The van der Waals surface area contributed by atoms with Gasteiger partial charge >= 0.3 is 6.18 Å². The summed E-state index contributed by atoms with van der Waals surface area (Å²) in [5, 5.41) is 3.01. The predicted molar refractivity (Wildman–Crippen MR) is 78.5 cm³/mol. The first-order valence-electron chi connectivity index (χ1n) is 5.71. The lowest BCUT2D eigenvalue weighted by Gasteiger charge is -2.09. The summed E-state index contributed by atoms with van der Waals surface area (Å²) >= 11 is 9.07. The van der Waals surface area contributed by atoms with Gasteiger partial charge in [0.25, 0.3) is 5.91 Å². The Hall–Kier alpha value is -1.53. The Morgan fingerprint density at radius 2 is 1.71 bits per heavy atom. The first-order valence-corrected chi connectivity index (χ1v) is 6.88. The van der Waals surface area contributed by atoms with Crippen molar-refractivity contribution in [1.29, 1.82) is 0 Å².